The second-order valence-electron chi connectivity index (χ2n) is 3.25. The number of benzene rings is 1. The fraction of sp³-hybridized carbons (Fsp3) is 0.333. The molecule has 0 unspecified atom stereocenters. The van der Waals surface area contributed by atoms with Crippen molar-refractivity contribution < 1.29 is 9.66 Å². The number of rotatable bonds is 5. The van der Waals surface area contributed by atoms with E-state index < -0.39 is 0 Å². The van der Waals surface area contributed by atoms with Gasteiger partial charge in [0.05, 0.1) is 11.5 Å². The van der Waals surface area contributed by atoms with Crippen LogP contribution in [0.1, 0.15) is 25.8 Å². The molecule has 0 fully saturated rings. The van der Waals surface area contributed by atoms with Gasteiger partial charge in [-0.1, -0.05) is 19.1 Å². The molecule has 0 N–H and O–H groups in total. The molecule has 0 heterocycles. The van der Waals surface area contributed by atoms with Crippen LogP contribution in [0.25, 0.3) is 6.08 Å². The number of allylic oxidation sites excluding steroid dienone is 1. The molecule has 0 aliphatic carbocycles. The van der Waals surface area contributed by atoms with Gasteiger partial charge < -0.3 is 4.74 Å². The van der Waals surface area contributed by atoms with E-state index in [0.717, 1.165) is 11.3 Å². The van der Waals surface area contributed by atoms with Crippen LogP contribution in [0.2, 0.25) is 0 Å². The van der Waals surface area contributed by atoms with Crippen LogP contribution in [-0.4, -0.2) is 11.5 Å². The van der Waals surface area contributed by atoms with Gasteiger partial charge in [0.25, 0.3) is 0 Å². The molecule has 1 aromatic carbocycles. The Kier molecular flexibility index (Phi) is 4.51. The Balaban J connectivity index is 2.95. The van der Waals surface area contributed by atoms with Gasteiger partial charge in [-0.2, -0.15) is 0 Å². The van der Waals surface area contributed by atoms with Crippen molar-refractivity contribution in [2.75, 3.05) is 6.61 Å². The average Bonchev–Trinajstić information content (AvgIpc) is 2.26. The minimum atomic E-state index is -0.354. The van der Waals surface area contributed by atoms with Crippen molar-refractivity contribution in [1.29, 1.82) is 0 Å². The lowest BCUT2D eigenvalue weighted by molar-refractivity contribution is -0.425. The third-order valence-electron chi connectivity index (χ3n) is 2.10. The molecule has 4 nitrogen and oxygen atoms in total. The maximum atomic E-state index is 10.7. The highest BCUT2D eigenvalue weighted by Crippen LogP contribution is 2.17. The molecule has 0 saturated heterocycles. The first-order chi connectivity index (χ1) is 7.67. The lowest BCUT2D eigenvalue weighted by Crippen LogP contribution is -1.97. The zero-order chi connectivity index (χ0) is 12.0. The van der Waals surface area contributed by atoms with Crippen LogP contribution in [0.3, 0.4) is 0 Å². The van der Waals surface area contributed by atoms with E-state index in [0.29, 0.717) is 13.0 Å². The van der Waals surface area contributed by atoms with Crippen molar-refractivity contribution in [3.05, 3.63) is 45.6 Å². The van der Waals surface area contributed by atoms with Crippen LogP contribution in [0, 0.1) is 10.1 Å². The van der Waals surface area contributed by atoms with Crippen molar-refractivity contribution in [3.8, 4) is 5.75 Å². The lowest BCUT2D eigenvalue weighted by atomic mass is 10.1. The minimum absolute atomic E-state index is 0.202. The van der Waals surface area contributed by atoms with E-state index in [4.69, 9.17) is 4.74 Å². The fourth-order valence-corrected chi connectivity index (χ4v) is 1.34. The molecular weight excluding hydrogens is 206 g/mol. The van der Waals surface area contributed by atoms with Crippen LogP contribution in [0.5, 0.6) is 5.75 Å². The number of hydrogen-bond acceptors (Lipinski definition) is 3. The maximum absolute atomic E-state index is 10.7. The van der Waals surface area contributed by atoms with Crippen LogP contribution in [0.15, 0.2) is 30.0 Å². The van der Waals surface area contributed by atoms with E-state index in [1.807, 2.05) is 25.1 Å². The molecule has 0 saturated carbocycles. The normalized spacial score (nSPS) is 11.2. The topological polar surface area (TPSA) is 52.4 Å². The zero-order valence-electron chi connectivity index (χ0n) is 9.47. The molecular formula is C12H15NO3. The van der Waals surface area contributed by atoms with E-state index in [1.165, 1.54) is 0 Å². The van der Waals surface area contributed by atoms with Gasteiger partial charge in [0.1, 0.15) is 5.75 Å². The summed E-state index contributed by atoms with van der Waals surface area (Å²) in [5, 5.41) is 10.7. The first-order valence-electron chi connectivity index (χ1n) is 5.25. The predicted octanol–water partition coefficient (Wildman–Crippen LogP) is 3.11. The zero-order valence-corrected chi connectivity index (χ0v) is 9.47. The summed E-state index contributed by atoms with van der Waals surface area (Å²) >= 11 is 0. The van der Waals surface area contributed by atoms with Crippen molar-refractivity contribution in [2.24, 2.45) is 0 Å². The third kappa shape index (κ3) is 3.38. The highest BCUT2D eigenvalue weighted by Gasteiger charge is 2.07. The second-order valence-corrected chi connectivity index (χ2v) is 3.25. The summed E-state index contributed by atoms with van der Waals surface area (Å²) < 4.78 is 5.32. The van der Waals surface area contributed by atoms with Crippen molar-refractivity contribution in [1.82, 2.24) is 0 Å². The van der Waals surface area contributed by atoms with Gasteiger partial charge in [0, 0.05) is 12.5 Å². The summed E-state index contributed by atoms with van der Waals surface area (Å²) in [6.45, 7) is 4.25. The van der Waals surface area contributed by atoms with E-state index in [1.54, 1.807) is 19.1 Å². The Bertz CT molecular complexity index is 399. The highest BCUT2D eigenvalue weighted by molar-refractivity contribution is 5.53. The lowest BCUT2D eigenvalue weighted by Gasteiger charge is -2.03. The summed E-state index contributed by atoms with van der Waals surface area (Å²) in [7, 11) is 0. The van der Waals surface area contributed by atoms with Gasteiger partial charge in [-0.05, 0) is 24.6 Å². The molecule has 4 heteroatoms. The van der Waals surface area contributed by atoms with Crippen molar-refractivity contribution >= 4 is 6.08 Å². The highest BCUT2D eigenvalue weighted by atomic mass is 16.6. The largest absolute Gasteiger partial charge is 0.494 e. The molecule has 1 aromatic rings. The van der Waals surface area contributed by atoms with Crippen LogP contribution in [0.4, 0.5) is 0 Å². The summed E-state index contributed by atoms with van der Waals surface area (Å²) in [6, 6.07) is 7.27. The van der Waals surface area contributed by atoms with Crippen molar-refractivity contribution in [3.63, 3.8) is 0 Å². The SMILES string of the molecule is CCOc1cccc(C=C(CC)[N+](=O)[O-])c1. The molecule has 0 amide bonds. The number of hydrogen-bond donors (Lipinski definition) is 0. The Morgan fingerprint density at radius 1 is 1.50 bits per heavy atom. The summed E-state index contributed by atoms with van der Waals surface area (Å²) in [5.41, 5.74) is 0.994. The summed E-state index contributed by atoms with van der Waals surface area (Å²) in [6.07, 6.45) is 1.98. The van der Waals surface area contributed by atoms with E-state index in [-0.39, 0.29) is 10.6 Å². The third-order valence-corrected chi connectivity index (χ3v) is 2.10. The molecule has 0 radical (unpaired) electrons. The smallest absolute Gasteiger partial charge is 0.246 e. The Morgan fingerprint density at radius 2 is 2.25 bits per heavy atom. The molecule has 0 atom stereocenters. The molecule has 0 spiro atoms. The summed E-state index contributed by atoms with van der Waals surface area (Å²) in [4.78, 5) is 10.3. The summed E-state index contributed by atoms with van der Waals surface area (Å²) in [5.74, 6) is 0.732. The van der Waals surface area contributed by atoms with Gasteiger partial charge in [0.15, 0.2) is 0 Å². The minimum Gasteiger partial charge on any atom is -0.494 e. The first-order valence-corrected chi connectivity index (χ1v) is 5.25. The number of nitrogens with zero attached hydrogens (tertiary/aromatic N) is 1. The van der Waals surface area contributed by atoms with Gasteiger partial charge in [-0.25, -0.2) is 0 Å². The number of ether oxygens (including phenoxy) is 1. The Hall–Kier alpha value is -1.84. The first kappa shape index (κ1) is 12.2. The van der Waals surface area contributed by atoms with Gasteiger partial charge in [-0.15, -0.1) is 0 Å². The Morgan fingerprint density at radius 3 is 2.81 bits per heavy atom. The Labute approximate surface area is 94.7 Å². The van der Waals surface area contributed by atoms with Crippen LogP contribution in [-0.2, 0) is 0 Å². The van der Waals surface area contributed by atoms with Crippen LogP contribution >= 0.6 is 0 Å². The van der Waals surface area contributed by atoms with Crippen LogP contribution < -0.4 is 4.74 Å². The van der Waals surface area contributed by atoms with Gasteiger partial charge >= 0.3 is 0 Å². The molecule has 0 bridgehead atoms. The van der Waals surface area contributed by atoms with Crippen molar-refractivity contribution in [2.45, 2.75) is 20.3 Å². The molecule has 0 aliphatic heterocycles. The fourth-order valence-electron chi connectivity index (χ4n) is 1.34. The van der Waals surface area contributed by atoms with E-state index in [9.17, 15) is 10.1 Å². The maximum Gasteiger partial charge on any atom is 0.246 e. The molecule has 1 rings (SSSR count). The van der Waals surface area contributed by atoms with Gasteiger partial charge in [-0.3, -0.25) is 10.1 Å². The standard InChI is InChI=1S/C12H15NO3/c1-3-11(13(14)15)8-10-6-5-7-12(9-10)16-4-2/h5-9H,3-4H2,1-2H3. The van der Waals surface area contributed by atoms with E-state index >= 15 is 0 Å². The predicted molar refractivity (Wildman–Crippen MR) is 62.9 cm³/mol. The van der Waals surface area contributed by atoms with Gasteiger partial charge in [0.2, 0.25) is 5.70 Å². The average molecular weight is 221 g/mol. The second kappa shape index (κ2) is 5.90. The monoisotopic (exact) mass is 221 g/mol. The molecule has 16 heavy (non-hydrogen) atoms. The number of nitro groups is 1. The van der Waals surface area contributed by atoms with E-state index in [2.05, 4.69) is 0 Å². The molecule has 86 valence electrons. The molecule has 0 aliphatic rings. The molecule has 0 aromatic heterocycles. The quantitative estimate of drug-likeness (QED) is 0.567.